The molecule has 0 unspecified atom stereocenters. The average Bonchev–Trinajstić information content (AvgIpc) is 2.93. The number of nitro groups is 1. The number of anilines is 1. The number of nitrogens with two attached hydrogens (primary N) is 1. The molecule has 114 valence electrons. The zero-order valence-corrected chi connectivity index (χ0v) is 12.6. The molecule has 21 heavy (non-hydrogen) atoms. The van der Waals surface area contributed by atoms with E-state index in [1.807, 2.05) is 0 Å². The van der Waals surface area contributed by atoms with Crippen LogP contribution in [0.3, 0.4) is 0 Å². The molecule has 1 aromatic carbocycles. The number of hydrogen-bond donors (Lipinski definition) is 1. The summed E-state index contributed by atoms with van der Waals surface area (Å²) in [4.78, 5) is 24.3. The summed E-state index contributed by atoms with van der Waals surface area (Å²) in [5.74, 6) is 0.166. The van der Waals surface area contributed by atoms with Gasteiger partial charge in [-0.25, -0.2) is 0 Å². The molecule has 0 aromatic heterocycles. The van der Waals surface area contributed by atoms with Crippen LogP contribution in [0.2, 0.25) is 5.02 Å². The lowest BCUT2D eigenvalue weighted by molar-refractivity contribution is -0.384. The molecule has 0 radical (unpaired) electrons. The molecule has 0 bridgehead atoms. The van der Waals surface area contributed by atoms with Crippen LogP contribution in [0.1, 0.15) is 36.0 Å². The summed E-state index contributed by atoms with van der Waals surface area (Å²) in [7, 11) is 1.69. The number of carbonyl (C=O) groups is 1. The number of nitrogen functional groups attached to an aromatic ring is 1. The topological polar surface area (TPSA) is 89.5 Å². The van der Waals surface area contributed by atoms with Gasteiger partial charge >= 0.3 is 0 Å². The number of nitro benzene ring substituents is 1. The molecule has 1 saturated carbocycles. The normalized spacial score (nSPS) is 15.1. The maximum absolute atomic E-state index is 12.4. The molecule has 2 rings (SSSR count). The number of nitrogens with zero attached hydrogens (tertiary/aromatic N) is 2. The van der Waals surface area contributed by atoms with E-state index in [4.69, 9.17) is 17.3 Å². The van der Waals surface area contributed by atoms with Gasteiger partial charge in [0.15, 0.2) is 0 Å². The molecule has 0 aliphatic heterocycles. The fourth-order valence-electron chi connectivity index (χ4n) is 2.75. The van der Waals surface area contributed by atoms with Crippen molar-refractivity contribution in [2.75, 3.05) is 19.3 Å². The molecule has 1 aliphatic rings. The number of carbonyl (C=O) groups excluding carboxylic acids is 1. The van der Waals surface area contributed by atoms with Gasteiger partial charge in [-0.1, -0.05) is 24.4 Å². The van der Waals surface area contributed by atoms with Crippen molar-refractivity contribution in [3.63, 3.8) is 0 Å². The second kappa shape index (κ2) is 6.30. The van der Waals surface area contributed by atoms with E-state index in [0.717, 1.165) is 18.9 Å². The van der Waals surface area contributed by atoms with E-state index >= 15 is 0 Å². The third-order valence-electron chi connectivity index (χ3n) is 3.91. The van der Waals surface area contributed by atoms with Crippen molar-refractivity contribution in [1.29, 1.82) is 0 Å². The molecule has 2 N–H and O–H groups in total. The Balaban J connectivity index is 2.22. The van der Waals surface area contributed by atoms with Crippen LogP contribution in [0, 0.1) is 16.0 Å². The van der Waals surface area contributed by atoms with E-state index in [2.05, 4.69) is 0 Å². The van der Waals surface area contributed by atoms with Gasteiger partial charge in [-0.05, 0) is 18.8 Å². The Kier molecular flexibility index (Phi) is 4.67. The third-order valence-corrected chi connectivity index (χ3v) is 4.22. The standard InChI is InChI=1S/C14H18ClN3O3/c1-17(8-9-4-2-3-5-9)14(19)11-6-10(18(20)21)7-12(15)13(11)16/h6-7,9H,2-5,8,16H2,1H3. The van der Waals surface area contributed by atoms with Gasteiger partial charge in [0.05, 0.1) is 21.2 Å². The zero-order valence-electron chi connectivity index (χ0n) is 11.8. The first-order valence-electron chi connectivity index (χ1n) is 6.89. The van der Waals surface area contributed by atoms with Crippen molar-refractivity contribution in [3.05, 3.63) is 32.8 Å². The Hall–Kier alpha value is -1.82. The highest BCUT2D eigenvalue weighted by molar-refractivity contribution is 6.34. The van der Waals surface area contributed by atoms with Crippen LogP contribution in [-0.4, -0.2) is 29.3 Å². The molecule has 0 spiro atoms. The second-order valence-corrected chi connectivity index (χ2v) is 5.89. The predicted octanol–water partition coefficient (Wildman–Crippen LogP) is 3.09. The molecular weight excluding hydrogens is 294 g/mol. The number of non-ortho nitro benzene ring substituents is 1. The van der Waals surface area contributed by atoms with E-state index in [9.17, 15) is 14.9 Å². The van der Waals surface area contributed by atoms with Gasteiger partial charge in [0.25, 0.3) is 11.6 Å². The van der Waals surface area contributed by atoms with Gasteiger partial charge in [0.1, 0.15) is 0 Å². The molecule has 1 aromatic rings. The van der Waals surface area contributed by atoms with Crippen LogP contribution in [0.5, 0.6) is 0 Å². The van der Waals surface area contributed by atoms with Crippen molar-refractivity contribution < 1.29 is 9.72 Å². The number of amides is 1. The average molecular weight is 312 g/mol. The van der Waals surface area contributed by atoms with Gasteiger partial charge in [-0.15, -0.1) is 0 Å². The van der Waals surface area contributed by atoms with Gasteiger partial charge in [-0.3, -0.25) is 14.9 Å². The first-order chi connectivity index (χ1) is 9.90. The third kappa shape index (κ3) is 3.44. The Morgan fingerprint density at radius 1 is 1.48 bits per heavy atom. The molecule has 1 aliphatic carbocycles. The monoisotopic (exact) mass is 311 g/mol. The molecule has 0 saturated heterocycles. The van der Waals surface area contributed by atoms with E-state index in [1.54, 1.807) is 11.9 Å². The molecule has 0 atom stereocenters. The molecule has 1 amide bonds. The summed E-state index contributed by atoms with van der Waals surface area (Å²) in [5, 5.41) is 10.9. The first kappa shape index (κ1) is 15.6. The summed E-state index contributed by atoms with van der Waals surface area (Å²) < 4.78 is 0. The summed E-state index contributed by atoms with van der Waals surface area (Å²) >= 11 is 5.88. The van der Waals surface area contributed by atoms with Crippen LogP contribution >= 0.6 is 11.6 Å². The van der Waals surface area contributed by atoms with Crippen LogP contribution < -0.4 is 5.73 Å². The van der Waals surface area contributed by atoms with E-state index in [-0.39, 0.29) is 27.9 Å². The van der Waals surface area contributed by atoms with Crippen LogP contribution in [0.25, 0.3) is 0 Å². The molecule has 7 heteroatoms. The molecule has 1 fully saturated rings. The highest BCUT2D eigenvalue weighted by Gasteiger charge is 2.24. The first-order valence-corrected chi connectivity index (χ1v) is 7.26. The Bertz CT molecular complexity index is 571. The minimum absolute atomic E-state index is 0.0295. The molecule has 0 heterocycles. The van der Waals surface area contributed by atoms with Crippen molar-refractivity contribution in [1.82, 2.24) is 4.90 Å². The summed E-state index contributed by atoms with van der Waals surface area (Å²) in [6.07, 6.45) is 4.61. The van der Waals surface area contributed by atoms with Crippen LogP contribution in [0.15, 0.2) is 12.1 Å². The number of hydrogen-bond acceptors (Lipinski definition) is 4. The van der Waals surface area contributed by atoms with Gasteiger partial charge in [0, 0.05) is 25.7 Å². The van der Waals surface area contributed by atoms with Crippen LogP contribution in [0.4, 0.5) is 11.4 Å². The largest absolute Gasteiger partial charge is 0.397 e. The van der Waals surface area contributed by atoms with Gasteiger partial charge < -0.3 is 10.6 Å². The highest BCUT2D eigenvalue weighted by Crippen LogP contribution is 2.30. The van der Waals surface area contributed by atoms with Crippen molar-refractivity contribution in [2.45, 2.75) is 25.7 Å². The Labute approximate surface area is 128 Å². The lowest BCUT2D eigenvalue weighted by Crippen LogP contribution is -2.31. The fourth-order valence-corrected chi connectivity index (χ4v) is 2.97. The maximum atomic E-state index is 12.4. The quantitative estimate of drug-likeness (QED) is 0.525. The Morgan fingerprint density at radius 3 is 2.67 bits per heavy atom. The van der Waals surface area contributed by atoms with Crippen molar-refractivity contribution in [2.24, 2.45) is 5.92 Å². The Morgan fingerprint density at radius 2 is 2.10 bits per heavy atom. The van der Waals surface area contributed by atoms with Gasteiger partial charge in [-0.2, -0.15) is 0 Å². The zero-order chi connectivity index (χ0) is 15.6. The highest BCUT2D eigenvalue weighted by atomic mass is 35.5. The maximum Gasteiger partial charge on any atom is 0.271 e. The minimum Gasteiger partial charge on any atom is -0.397 e. The van der Waals surface area contributed by atoms with Crippen molar-refractivity contribution >= 4 is 28.9 Å². The van der Waals surface area contributed by atoms with E-state index in [0.29, 0.717) is 12.5 Å². The molecule has 6 nitrogen and oxygen atoms in total. The SMILES string of the molecule is CN(CC1CCCC1)C(=O)c1cc([N+](=O)[O-])cc(Cl)c1N. The minimum atomic E-state index is -0.584. The molecular formula is C14H18ClN3O3. The number of benzene rings is 1. The van der Waals surface area contributed by atoms with E-state index < -0.39 is 4.92 Å². The summed E-state index contributed by atoms with van der Waals surface area (Å²) in [6.45, 7) is 0.637. The van der Waals surface area contributed by atoms with Crippen LogP contribution in [-0.2, 0) is 0 Å². The fraction of sp³-hybridized carbons (Fsp3) is 0.500. The lowest BCUT2D eigenvalue weighted by Gasteiger charge is -2.22. The summed E-state index contributed by atoms with van der Waals surface area (Å²) in [5.41, 5.74) is 5.75. The predicted molar refractivity (Wildman–Crippen MR) is 81.4 cm³/mol. The smallest absolute Gasteiger partial charge is 0.271 e. The summed E-state index contributed by atoms with van der Waals surface area (Å²) in [6, 6.07) is 2.35. The number of halogens is 1. The lowest BCUT2D eigenvalue weighted by atomic mass is 10.1. The van der Waals surface area contributed by atoms with Gasteiger partial charge in [0.2, 0.25) is 0 Å². The second-order valence-electron chi connectivity index (χ2n) is 5.48. The van der Waals surface area contributed by atoms with E-state index in [1.165, 1.54) is 18.9 Å². The van der Waals surface area contributed by atoms with Crippen molar-refractivity contribution in [3.8, 4) is 0 Å². The number of rotatable bonds is 4.